The molecule has 0 aliphatic rings. The molecular weight excluding hydrogens is 120 g/mol. The summed E-state index contributed by atoms with van der Waals surface area (Å²) in [5, 5.41) is 24.9. The molecule has 0 aromatic carbocycles. The summed E-state index contributed by atoms with van der Waals surface area (Å²) in [5.74, 6) is -2.57. The van der Waals surface area contributed by atoms with Crippen LogP contribution in [0.1, 0.15) is 26.2 Å². The Bertz CT molecular complexity index is 65.2. The molecule has 0 atom stereocenters. The van der Waals surface area contributed by atoms with Gasteiger partial charge in [-0.2, -0.15) is 0 Å². The molecule has 0 aromatic heterocycles. The average Bonchev–Trinajstić information content (AvgIpc) is 1.63. The van der Waals surface area contributed by atoms with Gasteiger partial charge in [0.15, 0.2) is 0 Å². The van der Waals surface area contributed by atoms with Crippen molar-refractivity contribution in [1.29, 1.82) is 0 Å². The fourth-order valence-corrected chi connectivity index (χ4v) is 0.500. The minimum absolute atomic E-state index is 0.528. The summed E-state index contributed by atoms with van der Waals surface area (Å²) in [5.41, 5.74) is 0. The summed E-state index contributed by atoms with van der Waals surface area (Å²) in [4.78, 5) is 0. The third-order valence-corrected chi connectivity index (χ3v) is 0.976. The molecule has 0 bridgehead atoms. The Kier molecular flexibility index (Phi) is 3.77. The van der Waals surface area contributed by atoms with Crippen LogP contribution in [-0.2, 0) is 0 Å². The molecule has 3 nitrogen and oxygen atoms in total. The average molecular weight is 133 g/mol. The Hall–Kier alpha value is -0.120. The second kappa shape index (κ2) is 3.82. The molecule has 0 spiro atoms. The van der Waals surface area contributed by atoms with Crippen molar-refractivity contribution in [2.75, 3.05) is 0 Å². The molecule has 0 saturated carbocycles. The van der Waals surface area contributed by atoms with Crippen LogP contribution >= 0.6 is 0 Å². The molecule has 1 radical (unpaired) electrons. The Labute approximate surface area is 54.9 Å². The monoisotopic (exact) mass is 133 g/mol. The van der Waals surface area contributed by atoms with Crippen molar-refractivity contribution in [1.82, 2.24) is 0 Å². The van der Waals surface area contributed by atoms with E-state index in [2.05, 4.69) is 0 Å². The van der Waals surface area contributed by atoms with E-state index in [4.69, 9.17) is 15.3 Å². The number of unbranched alkanes of at least 4 members (excludes halogenated alkanes) is 2. The van der Waals surface area contributed by atoms with Gasteiger partial charge in [0.05, 0.1) is 6.42 Å². The van der Waals surface area contributed by atoms with Gasteiger partial charge in [-0.15, -0.1) is 0 Å². The molecule has 0 saturated heterocycles. The first kappa shape index (κ1) is 8.88. The van der Waals surface area contributed by atoms with Crippen LogP contribution in [0.25, 0.3) is 0 Å². The van der Waals surface area contributed by atoms with Gasteiger partial charge in [-0.05, 0) is 6.42 Å². The molecule has 55 valence electrons. The molecule has 0 amide bonds. The largest absolute Gasteiger partial charge is 0.343 e. The fourth-order valence-electron chi connectivity index (χ4n) is 0.500. The van der Waals surface area contributed by atoms with E-state index >= 15 is 0 Å². The molecule has 0 aliphatic heterocycles. The van der Waals surface area contributed by atoms with Gasteiger partial charge in [0.1, 0.15) is 0 Å². The molecule has 0 unspecified atom stereocenters. The quantitative estimate of drug-likeness (QED) is 0.374. The first-order chi connectivity index (χ1) is 4.06. The lowest BCUT2D eigenvalue weighted by Gasteiger charge is -2.11. The van der Waals surface area contributed by atoms with E-state index in [1.54, 1.807) is 0 Å². The van der Waals surface area contributed by atoms with Crippen LogP contribution < -0.4 is 0 Å². The molecule has 0 aliphatic carbocycles. The van der Waals surface area contributed by atoms with E-state index in [0.717, 1.165) is 19.3 Å². The summed E-state index contributed by atoms with van der Waals surface area (Å²) in [7, 11) is 0. The number of rotatable bonds is 4. The first-order valence-electron chi connectivity index (χ1n) is 3.07. The molecule has 9 heavy (non-hydrogen) atoms. The van der Waals surface area contributed by atoms with Gasteiger partial charge in [-0.1, -0.05) is 19.8 Å². The highest BCUT2D eigenvalue weighted by atomic mass is 16.7. The molecule has 0 heterocycles. The predicted molar refractivity (Wildman–Crippen MR) is 33.2 cm³/mol. The van der Waals surface area contributed by atoms with E-state index in [9.17, 15) is 0 Å². The van der Waals surface area contributed by atoms with Crippen molar-refractivity contribution < 1.29 is 15.3 Å². The van der Waals surface area contributed by atoms with Crippen LogP contribution in [0.15, 0.2) is 0 Å². The summed E-state index contributed by atoms with van der Waals surface area (Å²) in [6, 6.07) is 0. The van der Waals surface area contributed by atoms with Gasteiger partial charge in [0.25, 0.3) is 5.97 Å². The lowest BCUT2D eigenvalue weighted by Crippen LogP contribution is -2.27. The molecule has 0 aromatic rings. The van der Waals surface area contributed by atoms with Crippen molar-refractivity contribution in [2.45, 2.75) is 32.2 Å². The summed E-state index contributed by atoms with van der Waals surface area (Å²) in [6.45, 7) is 1.99. The van der Waals surface area contributed by atoms with Crippen LogP contribution in [0.5, 0.6) is 0 Å². The van der Waals surface area contributed by atoms with Crippen LogP contribution in [0.4, 0.5) is 0 Å². The van der Waals surface area contributed by atoms with Crippen LogP contribution in [0.3, 0.4) is 0 Å². The zero-order valence-electron chi connectivity index (χ0n) is 5.54. The van der Waals surface area contributed by atoms with Gasteiger partial charge < -0.3 is 15.3 Å². The first-order valence-corrected chi connectivity index (χ1v) is 3.07. The Balaban J connectivity index is 3.07. The van der Waals surface area contributed by atoms with Crippen molar-refractivity contribution in [3.63, 3.8) is 0 Å². The maximum absolute atomic E-state index is 8.30. The minimum atomic E-state index is -2.57. The van der Waals surface area contributed by atoms with Gasteiger partial charge in [-0.25, -0.2) is 0 Å². The fraction of sp³-hybridized carbons (Fsp3) is 0.833. The highest BCUT2D eigenvalue weighted by Gasteiger charge is 2.16. The van der Waals surface area contributed by atoms with Crippen molar-refractivity contribution >= 4 is 0 Å². The molecule has 0 rings (SSSR count). The maximum atomic E-state index is 8.30. The lowest BCUT2D eigenvalue weighted by molar-refractivity contribution is -0.286. The zero-order chi connectivity index (χ0) is 7.33. The van der Waals surface area contributed by atoms with Crippen molar-refractivity contribution in [3.05, 3.63) is 6.42 Å². The topological polar surface area (TPSA) is 60.7 Å². The third kappa shape index (κ3) is 7.88. The number of hydrogen-bond donors (Lipinski definition) is 3. The van der Waals surface area contributed by atoms with E-state index in [-0.39, 0.29) is 0 Å². The van der Waals surface area contributed by atoms with Crippen LogP contribution in [-0.4, -0.2) is 21.3 Å². The van der Waals surface area contributed by atoms with Gasteiger partial charge in [0, 0.05) is 0 Å². The van der Waals surface area contributed by atoms with E-state index in [0.29, 0.717) is 6.42 Å². The Morgan fingerprint density at radius 1 is 1.33 bits per heavy atom. The SMILES string of the molecule is CCCC[CH]C(O)(O)O. The van der Waals surface area contributed by atoms with Crippen LogP contribution in [0, 0.1) is 6.42 Å². The standard InChI is InChI=1S/C6H13O3/c1-2-3-4-5-6(7,8)9/h5,7-9H,2-4H2,1H3. The highest BCUT2D eigenvalue weighted by Crippen LogP contribution is 2.06. The zero-order valence-corrected chi connectivity index (χ0v) is 5.54. The Morgan fingerprint density at radius 2 is 1.89 bits per heavy atom. The molecule has 3 heteroatoms. The maximum Gasteiger partial charge on any atom is 0.278 e. The second-order valence-electron chi connectivity index (χ2n) is 2.03. The lowest BCUT2D eigenvalue weighted by atomic mass is 10.2. The molecule has 3 N–H and O–H groups in total. The number of aliphatic hydroxyl groups is 3. The van der Waals surface area contributed by atoms with Gasteiger partial charge >= 0.3 is 0 Å². The normalized spacial score (nSPS) is 12.0. The van der Waals surface area contributed by atoms with Gasteiger partial charge in [-0.3, -0.25) is 0 Å². The van der Waals surface area contributed by atoms with Crippen molar-refractivity contribution in [2.24, 2.45) is 0 Å². The highest BCUT2D eigenvalue weighted by molar-refractivity contribution is 4.71. The molecule has 0 fully saturated rings. The number of hydrogen-bond acceptors (Lipinski definition) is 3. The Morgan fingerprint density at radius 3 is 2.22 bits per heavy atom. The minimum Gasteiger partial charge on any atom is -0.343 e. The van der Waals surface area contributed by atoms with E-state index in [1.165, 1.54) is 0 Å². The van der Waals surface area contributed by atoms with Crippen molar-refractivity contribution in [3.8, 4) is 0 Å². The summed E-state index contributed by atoms with van der Waals surface area (Å²) < 4.78 is 0. The predicted octanol–water partition coefficient (Wildman–Crippen LogP) is 0.0116. The van der Waals surface area contributed by atoms with E-state index in [1.807, 2.05) is 6.92 Å². The smallest absolute Gasteiger partial charge is 0.278 e. The third-order valence-electron chi connectivity index (χ3n) is 0.976. The van der Waals surface area contributed by atoms with E-state index < -0.39 is 5.97 Å². The van der Waals surface area contributed by atoms with Crippen LogP contribution in [0.2, 0.25) is 0 Å². The summed E-state index contributed by atoms with van der Waals surface area (Å²) in [6.07, 6.45) is 3.44. The second-order valence-corrected chi connectivity index (χ2v) is 2.03. The molecular formula is C6H13O3. The summed E-state index contributed by atoms with van der Waals surface area (Å²) >= 11 is 0. The van der Waals surface area contributed by atoms with Gasteiger partial charge in [0.2, 0.25) is 0 Å².